The van der Waals surface area contributed by atoms with Gasteiger partial charge in [0.25, 0.3) is 10.0 Å². The van der Waals surface area contributed by atoms with Crippen molar-refractivity contribution in [2.45, 2.75) is 25.3 Å². The third kappa shape index (κ3) is 3.96. The fourth-order valence-corrected chi connectivity index (χ4v) is 4.70. The van der Waals surface area contributed by atoms with Crippen LogP contribution in [-0.4, -0.2) is 30.1 Å². The minimum Gasteiger partial charge on any atom is -0.497 e. The van der Waals surface area contributed by atoms with E-state index in [0.29, 0.717) is 28.3 Å². The second-order valence-corrected chi connectivity index (χ2v) is 9.00. The molecule has 0 amide bonds. The van der Waals surface area contributed by atoms with Crippen molar-refractivity contribution in [1.29, 1.82) is 0 Å². The van der Waals surface area contributed by atoms with Crippen LogP contribution in [0.5, 0.6) is 5.75 Å². The summed E-state index contributed by atoms with van der Waals surface area (Å²) < 4.78 is 49.8. The molecular formula is C22H21FN4O3S. The van der Waals surface area contributed by atoms with Crippen molar-refractivity contribution in [3.63, 3.8) is 0 Å². The standard InChI is InChI=1S/C22H21FN4O3S/c1-15-7-8-18(12-21(15)23)27(13-17-5-4-6-19(11-17)30-3)31(28,29)20-9-10-22-25-24-16(2)26(22)14-20/h4-12,14H,13H2,1-3H3. The molecule has 0 saturated carbocycles. The van der Waals surface area contributed by atoms with Crippen LogP contribution in [0.3, 0.4) is 0 Å². The van der Waals surface area contributed by atoms with E-state index < -0.39 is 15.8 Å². The number of anilines is 1. The molecule has 0 aliphatic carbocycles. The zero-order valence-corrected chi connectivity index (χ0v) is 18.1. The van der Waals surface area contributed by atoms with Gasteiger partial charge in [0.1, 0.15) is 22.3 Å². The van der Waals surface area contributed by atoms with Crippen LogP contribution < -0.4 is 9.04 Å². The van der Waals surface area contributed by atoms with Crippen molar-refractivity contribution in [2.75, 3.05) is 11.4 Å². The van der Waals surface area contributed by atoms with Crippen LogP contribution >= 0.6 is 0 Å². The number of rotatable bonds is 6. The van der Waals surface area contributed by atoms with Gasteiger partial charge in [0, 0.05) is 6.20 Å². The number of hydrogen-bond acceptors (Lipinski definition) is 5. The van der Waals surface area contributed by atoms with Crippen molar-refractivity contribution in [3.05, 3.63) is 83.6 Å². The Hall–Kier alpha value is -3.46. The Balaban J connectivity index is 1.84. The third-order valence-corrected chi connectivity index (χ3v) is 6.79. The molecule has 2 aromatic heterocycles. The van der Waals surface area contributed by atoms with Gasteiger partial charge in [0.2, 0.25) is 0 Å². The molecule has 2 heterocycles. The number of ether oxygens (including phenoxy) is 1. The maximum atomic E-state index is 14.3. The normalized spacial score (nSPS) is 11.6. The van der Waals surface area contributed by atoms with Gasteiger partial charge < -0.3 is 4.74 Å². The molecule has 160 valence electrons. The molecule has 0 spiro atoms. The van der Waals surface area contributed by atoms with Gasteiger partial charge in [-0.2, -0.15) is 0 Å². The molecule has 0 N–H and O–H groups in total. The summed E-state index contributed by atoms with van der Waals surface area (Å²) in [6.45, 7) is 3.36. The predicted molar refractivity (Wildman–Crippen MR) is 115 cm³/mol. The Morgan fingerprint density at radius 3 is 2.61 bits per heavy atom. The molecule has 7 nitrogen and oxygen atoms in total. The monoisotopic (exact) mass is 440 g/mol. The summed E-state index contributed by atoms with van der Waals surface area (Å²) in [6, 6.07) is 14.6. The van der Waals surface area contributed by atoms with E-state index in [2.05, 4.69) is 10.2 Å². The fourth-order valence-electron chi connectivity index (χ4n) is 3.25. The molecule has 0 fully saturated rings. The Labute approximate surface area is 179 Å². The Bertz CT molecular complexity index is 1370. The number of methoxy groups -OCH3 is 1. The molecular weight excluding hydrogens is 419 g/mol. The number of aromatic nitrogens is 3. The lowest BCUT2D eigenvalue weighted by Crippen LogP contribution is -2.31. The van der Waals surface area contributed by atoms with E-state index >= 15 is 0 Å². The lowest BCUT2D eigenvalue weighted by molar-refractivity contribution is 0.414. The minimum atomic E-state index is -4.04. The SMILES string of the molecule is COc1cccc(CN(c2ccc(C)c(F)c2)S(=O)(=O)c2ccc3nnc(C)n3c2)c1. The van der Waals surface area contributed by atoms with E-state index in [4.69, 9.17) is 4.74 Å². The quantitative estimate of drug-likeness (QED) is 0.455. The third-order valence-electron chi connectivity index (χ3n) is 5.04. The predicted octanol–water partition coefficient (Wildman–Crippen LogP) is 3.89. The molecule has 0 saturated heterocycles. The zero-order valence-electron chi connectivity index (χ0n) is 17.3. The first-order valence-electron chi connectivity index (χ1n) is 9.53. The molecule has 31 heavy (non-hydrogen) atoms. The van der Waals surface area contributed by atoms with Gasteiger partial charge in [-0.15, -0.1) is 10.2 Å². The van der Waals surface area contributed by atoms with E-state index in [1.807, 2.05) is 0 Å². The molecule has 0 atom stereocenters. The highest BCUT2D eigenvalue weighted by Crippen LogP contribution is 2.28. The summed E-state index contributed by atoms with van der Waals surface area (Å²) >= 11 is 0. The van der Waals surface area contributed by atoms with Gasteiger partial charge in [-0.1, -0.05) is 18.2 Å². The molecule has 2 aromatic carbocycles. The van der Waals surface area contributed by atoms with Crippen LogP contribution in [0.1, 0.15) is 17.0 Å². The van der Waals surface area contributed by atoms with Gasteiger partial charge in [-0.05, 0) is 61.4 Å². The van der Waals surface area contributed by atoms with E-state index in [9.17, 15) is 12.8 Å². The van der Waals surface area contributed by atoms with Crippen molar-refractivity contribution < 1.29 is 17.5 Å². The minimum absolute atomic E-state index is 0.00122. The van der Waals surface area contributed by atoms with Crippen molar-refractivity contribution in [3.8, 4) is 5.75 Å². The molecule has 0 bridgehead atoms. The van der Waals surface area contributed by atoms with Crippen LogP contribution in [0.15, 0.2) is 65.7 Å². The van der Waals surface area contributed by atoms with E-state index in [0.717, 1.165) is 0 Å². The average Bonchev–Trinajstić information content (AvgIpc) is 3.14. The topological polar surface area (TPSA) is 76.8 Å². The summed E-state index contributed by atoms with van der Waals surface area (Å²) in [6.07, 6.45) is 1.48. The number of halogens is 1. The fraction of sp³-hybridized carbons (Fsp3) is 0.182. The zero-order chi connectivity index (χ0) is 22.2. The van der Waals surface area contributed by atoms with Crippen molar-refractivity contribution in [1.82, 2.24) is 14.6 Å². The van der Waals surface area contributed by atoms with Gasteiger partial charge >= 0.3 is 0 Å². The Morgan fingerprint density at radius 2 is 1.87 bits per heavy atom. The van der Waals surface area contributed by atoms with Crippen LogP contribution in [0.4, 0.5) is 10.1 Å². The molecule has 4 aromatic rings. The van der Waals surface area contributed by atoms with E-state index in [-0.39, 0.29) is 17.1 Å². The highest BCUT2D eigenvalue weighted by molar-refractivity contribution is 7.92. The van der Waals surface area contributed by atoms with Crippen molar-refractivity contribution >= 4 is 21.4 Å². The maximum Gasteiger partial charge on any atom is 0.266 e. The average molecular weight is 441 g/mol. The second kappa shape index (κ2) is 7.99. The second-order valence-electron chi connectivity index (χ2n) is 7.14. The van der Waals surface area contributed by atoms with Gasteiger partial charge in [-0.25, -0.2) is 12.8 Å². The number of pyridine rings is 1. The number of hydrogen-bond donors (Lipinski definition) is 0. The first-order valence-corrected chi connectivity index (χ1v) is 11.0. The summed E-state index contributed by atoms with van der Waals surface area (Å²) in [5, 5.41) is 7.96. The molecule has 0 radical (unpaired) electrons. The maximum absolute atomic E-state index is 14.3. The number of aryl methyl sites for hydroxylation is 2. The van der Waals surface area contributed by atoms with Gasteiger partial charge in [-0.3, -0.25) is 8.71 Å². The molecule has 4 rings (SSSR count). The molecule has 0 unspecified atom stereocenters. The first kappa shape index (κ1) is 20.8. The Morgan fingerprint density at radius 1 is 1.06 bits per heavy atom. The summed E-state index contributed by atoms with van der Waals surface area (Å²) in [4.78, 5) is 0.0479. The summed E-state index contributed by atoms with van der Waals surface area (Å²) in [7, 11) is -2.50. The highest BCUT2D eigenvalue weighted by atomic mass is 32.2. The smallest absolute Gasteiger partial charge is 0.266 e. The van der Waals surface area contributed by atoms with Gasteiger partial charge in [0.15, 0.2) is 5.65 Å². The first-order chi connectivity index (χ1) is 14.8. The number of fused-ring (bicyclic) bond motifs is 1. The summed E-state index contributed by atoms with van der Waals surface area (Å²) in [5.74, 6) is 0.688. The number of nitrogens with zero attached hydrogens (tertiary/aromatic N) is 4. The summed E-state index contributed by atoms with van der Waals surface area (Å²) in [5.41, 5.74) is 1.90. The Kier molecular flexibility index (Phi) is 5.36. The van der Waals surface area contributed by atoms with Crippen molar-refractivity contribution in [2.24, 2.45) is 0 Å². The van der Waals surface area contributed by atoms with Gasteiger partial charge in [0.05, 0.1) is 19.3 Å². The van der Waals surface area contributed by atoms with Crippen LogP contribution in [0.2, 0.25) is 0 Å². The number of sulfonamides is 1. The molecule has 9 heteroatoms. The lowest BCUT2D eigenvalue weighted by atomic mass is 10.2. The van der Waals surface area contributed by atoms with E-state index in [1.54, 1.807) is 67.8 Å². The van der Waals surface area contributed by atoms with Crippen LogP contribution in [-0.2, 0) is 16.6 Å². The lowest BCUT2D eigenvalue weighted by Gasteiger charge is -2.25. The number of benzene rings is 2. The highest BCUT2D eigenvalue weighted by Gasteiger charge is 2.27. The molecule has 0 aliphatic heterocycles. The van der Waals surface area contributed by atoms with Crippen LogP contribution in [0.25, 0.3) is 5.65 Å². The largest absolute Gasteiger partial charge is 0.497 e. The van der Waals surface area contributed by atoms with Crippen LogP contribution in [0, 0.1) is 19.7 Å². The van der Waals surface area contributed by atoms with E-state index in [1.165, 1.54) is 22.6 Å². The molecule has 0 aliphatic rings.